The van der Waals surface area contributed by atoms with Gasteiger partial charge in [0.1, 0.15) is 6.07 Å². The van der Waals surface area contributed by atoms with Gasteiger partial charge in [0.25, 0.3) is 0 Å². The molecule has 7 atom stereocenters. The lowest BCUT2D eigenvalue weighted by Gasteiger charge is -2.71. The Bertz CT molecular complexity index is 1460. The predicted molar refractivity (Wildman–Crippen MR) is 151 cm³/mol. The molecule has 0 radical (unpaired) electrons. The molecule has 3 fully saturated rings. The van der Waals surface area contributed by atoms with Crippen molar-refractivity contribution >= 4 is 11.6 Å². The molecule has 1 aromatic rings. The Morgan fingerprint density at radius 3 is 2.32 bits per heavy atom. The van der Waals surface area contributed by atoms with Gasteiger partial charge in [0, 0.05) is 11.3 Å². The van der Waals surface area contributed by atoms with E-state index in [4.69, 9.17) is 9.51 Å². The second-order valence-corrected chi connectivity index (χ2v) is 15.8. The number of hydrogen-bond acceptors (Lipinski definition) is 8. The summed E-state index contributed by atoms with van der Waals surface area (Å²) >= 11 is 0. The SMILES string of the molecule is Cc1noc([C@]23CCC(C)(C)CC2C2C(=O)C=C4[C@@]5(C)C=C(C#N)C(=O)C(C)(C)[C@]5(NO)CC[C@@]4(C)[C@]2(C)CC3)n1. The van der Waals surface area contributed by atoms with Crippen molar-refractivity contribution in [3.63, 3.8) is 0 Å². The maximum atomic E-state index is 14.7. The summed E-state index contributed by atoms with van der Waals surface area (Å²) in [7, 11) is 0. The van der Waals surface area contributed by atoms with Gasteiger partial charge in [-0.15, -0.1) is 0 Å². The average molecular weight is 561 g/mol. The third-order valence-electron chi connectivity index (χ3n) is 13.4. The van der Waals surface area contributed by atoms with Crippen molar-refractivity contribution in [2.45, 2.75) is 111 Å². The fourth-order valence-corrected chi connectivity index (χ4v) is 10.7. The number of nitrogens with zero attached hydrogens (tertiary/aromatic N) is 3. The first kappa shape index (κ1) is 28.5. The number of allylic oxidation sites excluding steroid dienone is 2. The zero-order chi connectivity index (χ0) is 30.0. The van der Waals surface area contributed by atoms with Crippen LogP contribution in [-0.2, 0) is 15.0 Å². The van der Waals surface area contributed by atoms with E-state index in [0.29, 0.717) is 24.6 Å². The van der Waals surface area contributed by atoms with Gasteiger partial charge < -0.3 is 9.73 Å². The smallest absolute Gasteiger partial charge is 0.233 e. The minimum atomic E-state index is -1.07. The van der Waals surface area contributed by atoms with Gasteiger partial charge in [0.2, 0.25) is 5.89 Å². The van der Waals surface area contributed by atoms with Crippen LogP contribution in [0.1, 0.15) is 105 Å². The number of carbonyl (C=O) groups excluding carboxylic acids is 2. The highest BCUT2D eigenvalue weighted by Crippen LogP contribution is 2.75. The first-order chi connectivity index (χ1) is 19.0. The third kappa shape index (κ3) is 3.17. The fourth-order valence-electron chi connectivity index (χ4n) is 10.7. The molecule has 1 heterocycles. The van der Waals surface area contributed by atoms with E-state index in [1.54, 1.807) is 6.08 Å². The molecule has 2 unspecified atom stereocenters. The largest absolute Gasteiger partial charge is 0.339 e. The van der Waals surface area contributed by atoms with Crippen molar-refractivity contribution in [2.75, 3.05) is 0 Å². The van der Waals surface area contributed by atoms with E-state index in [2.05, 4.69) is 44.4 Å². The molecule has 2 N–H and O–H groups in total. The number of hydrogen-bond donors (Lipinski definition) is 2. The van der Waals surface area contributed by atoms with Crippen molar-refractivity contribution in [2.24, 2.45) is 38.9 Å². The van der Waals surface area contributed by atoms with Gasteiger partial charge in [-0.05, 0) is 85.7 Å². The highest BCUT2D eigenvalue weighted by atomic mass is 16.5. The summed E-state index contributed by atoms with van der Waals surface area (Å²) in [6, 6.07) is 2.13. The van der Waals surface area contributed by atoms with Crippen molar-refractivity contribution in [1.29, 1.82) is 5.26 Å². The minimum absolute atomic E-state index is 0.0528. The number of fused-ring (bicyclic) bond motifs is 7. The monoisotopic (exact) mass is 560 g/mol. The molecule has 0 aliphatic heterocycles. The first-order valence-electron chi connectivity index (χ1n) is 15.2. The molecule has 8 heteroatoms. The molecule has 1 aromatic heterocycles. The van der Waals surface area contributed by atoms with E-state index >= 15 is 0 Å². The quantitative estimate of drug-likeness (QED) is 0.425. The topological polar surface area (TPSA) is 129 Å². The number of aryl methyl sites for hydroxylation is 1. The molecule has 0 bridgehead atoms. The van der Waals surface area contributed by atoms with Gasteiger partial charge >= 0.3 is 0 Å². The van der Waals surface area contributed by atoms with Crippen LogP contribution in [0.25, 0.3) is 0 Å². The zero-order valence-electron chi connectivity index (χ0n) is 25.8. The molecular formula is C33H44N4O4. The molecule has 0 spiro atoms. The van der Waals surface area contributed by atoms with Crippen LogP contribution in [-0.4, -0.2) is 32.5 Å². The predicted octanol–water partition coefficient (Wildman–Crippen LogP) is 5.95. The summed E-state index contributed by atoms with van der Waals surface area (Å²) in [5, 5.41) is 25.0. The maximum Gasteiger partial charge on any atom is 0.233 e. The Labute approximate surface area is 243 Å². The molecule has 3 saturated carbocycles. The first-order valence-corrected chi connectivity index (χ1v) is 15.2. The lowest BCUT2D eigenvalue weighted by molar-refractivity contribution is -0.174. The summed E-state index contributed by atoms with van der Waals surface area (Å²) in [5.41, 5.74) is -0.445. The number of aromatic nitrogens is 2. The Balaban J connectivity index is 1.57. The Morgan fingerprint density at radius 1 is 1.02 bits per heavy atom. The van der Waals surface area contributed by atoms with E-state index < -0.39 is 21.8 Å². The van der Waals surface area contributed by atoms with Gasteiger partial charge in [-0.25, -0.2) is 0 Å². The molecule has 5 aliphatic carbocycles. The summed E-state index contributed by atoms with van der Waals surface area (Å²) in [6.45, 7) is 16.7. The van der Waals surface area contributed by atoms with Crippen LogP contribution in [0.2, 0.25) is 0 Å². The van der Waals surface area contributed by atoms with Crippen molar-refractivity contribution in [1.82, 2.24) is 15.6 Å². The Morgan fingerprint density at radius 2 is 1.71 bits per heavy atom. The highest BCUT2D eigenvalue weighted by Gasteiger charge is 2.74. The van der Waals surface area contributed by atoms with E-state index in [1.165, 1.54) is 0 Å². The van der Waals surface area contributed by atoms with Gasteiger partial charge in [-0.3, -0.25) is 9.59 Å². The van der Waals surface area contributed by atoms with Crippen molar-refractivity contribution < 1.29 is 19.3 Å². The fraction of sp³-hybridized carbons (Fsp3) is 0.727. The number of Topliss-reactive ketones (excluding diaryl/α,β-unsaturated/α-hetero) is 1. The van der Waals surface area contributed by atoms with Crippen LogP contribution < -0.4 is 5.48 Å². The standard InChI is InChI=1S/C33H44N4O4/c1-19-35-26(41-36-19)32-12-9-27(2,3)17-21(32)24-22(38)15-23-29(6,30(24,7)10-13-32)11-14-33(37-40)28(4,5)25(39)20(18-34)16-31(23,33)8/h15-16,21,24,37,40H,9-14,17H2,1-8H3/t21?,24?,29-,30-,31-,32+,33-/m1/s1. The molecule has 41 heavy (non-hydrogen) atoms. The average Bonchev–Trinajstić information content (AvgIpc) is 3.34. The summed E-state index contributed by atoms with van der Waals surface area (Å²) in [6.07, 6.45) is 9.35. The molecule has 220 valence electrons. The summed E-state index contributed by atoms with van der Waals surface area (Å²) < 4.78 is 5.89. The van der Waals surface area contributed by atoms with Gasteiger partial charge in [-0.2, -0.15) is 15.7 Å². The van der Waals surface area contributed by atoms with E-state index in [0.717, 1.165) is 37.7 Å². The highest BCUT2D eigenvalue weighted by molar-refractivity contribution is 6.05. The third-order valence-corrected chi connectivity index (χ3v) is 13.4. The lowest BCUT2D eigenvalue weighted by Crippen LogP contribution is -2.74. The number of carbonyl (C=O) groups is 2. The molecule has 8 nitrogen and oxygen atoms in total. The Kier molecular flexibility index (Phi) is 5.74. The lowest BCUT2D eigenvalue weighted by atomic mass is 9.33. The number of nitriles is 1. The van der Waals surface area contributed by atoms with Crippen LogP contribution >= 0.6 is 0 Å². The Hall–Kier alpha value is -2.63. The number of hydroxylamine groups is 1. The minimum Gasteiger partial charge on any atom is -0.339 e. The summed E-state index contributed by atoms with van der Waals surface area (Å²) in [5.74, 6) is 0.942. The number of rotatable bonds is 2. The number of ketones is 2. The summed E-state index contributed by atoms with van der Waals surface area (Å²) in [4.78, 5) is 32.9. The van der Waals surface area contributed by atoms with Crippen LogP contribution in [0.5, 0.6) is 0 Å². The van der Waals surface area contributed by atoms with Gasteiger partial charge in [0.05, 0.1) is 21.9 Å². The molecule has 6 rings (SSSR count). The van der Waals surface area contributed by atoms with Crippen LogP contribution in [0, 0.1) is 57.2 Å². The van der Waals surface area contributed by atoms with Crippen LogP contribution in [0.15, 0.2) is 27.8 Å². The zero-order valence-corrected chi connectivity index (χ0v) is 25.8. The van der Waals surface area contributed by atoms with Gasteiger partial charge in [-0.1, -0.05) is 59.7 Å². The van der Waals surface area contributed by atoms with Crippen LogP contribution in [0.4, 0.5) is 0 Å². The molecule has 0 aromatic carbocycles. The second-order valence-electron chi connectivity index (χ2n) is 15.8. The molecule has 0 saturated heterocycles. The van der Waals surface area contributed by atoms with Crippen molar-refractivity contribution in [3.8, 4) is 6.07 Å². The van der Waals surface area contributed by atoms with E-state index in [9.17, 15) is 20.1 Å². The molecule has 5 aliphatic rings. The van der Waals surface area contributed by atoms with Crippen molar-refractivity contribution in [3.05, 3.63) is 35.0 Å². The van der Waals surface area contributed by atoms with E-state index in [-0.39, 0.29) is 45.2 Å². The molecular weight excluding hydrogens is 516 g/mol. The second kappa shape index (κ2) is 8.26. The maximum absolute atomic E-state index is 14.7. The normalized spacial score (nSPS) is 44.4. The van der Waals surface area contributed by atoms with Gasteiger partial charge in [0.15, 0.2) is 17.4 Å². The van der Waals surface area contributed by atoms with E-state index in [1.807, 2.05) is 33.8 Å². The van der Waals surface area contributed by atoms with Crippen LogP contribution in [0.3, 0.4) is 0 Å². The number of nitrogens with one attached hydrogen (secondary N) is 1. The molecule has 0 amide bonds.